The van der Waals surface area contributed by atoms with Gasteiger partial charge in [0.25, 0.3) is 0 Å². The summed E-state index contributed by atoms with van der Waals surface area (Å²) in [6, 6.07) is 14.4. The monoisotopic (exact) mass is 311 g/mol. The molecule has 2 N–H and O–H groups in total. The minimum atomic E-state index is 0.118. The Labute approximate surface area is 140 Å². The standard InChI is InChI=1S/C21H29NO/c1-20(2,3)16-10-15(11-17(12-16)21(4,5)6)14-23-19-9-7-8-18(22)13-19/h7-13H,14,22H2,1-6H3. The third-order valence-electron chi connectivity index (χ3n) is 3.99. The number of hydrogen-bond acceptors (Lipinski definition) is 2. The Balaban J connectivity index is 2.30. The average molecular weight is 311 g/mol. The lowest BCUT2D eigenvalue weighted by atomic mass is 9.79. The van der Waals surface area contributed by atoms with Gasteiger partial charge in [0.15, 0.2) is 0 Å². The smallest absolute Gasteiger partial charge is 0.121 e. The summed E-state index contributed by atoms with van der Waals surface area (Å²) in [5.74, 6) is 0.809. The van der Waals surface area contributed by atoms with E-state index in [0.717, 1.165) is 11.4 Å². The summed E-state index contributed by atoms with van der Waals surface area (Å²) < 4.78 is 5.93. The van der Waals surface area contributed by atoms with Gasteiger partial charge in [-0.1, -0.05) is 65.8 Å². The van der Waals surface area contributed by atoms with Gasteiger partial charge >= 0.3 is 0 Å². The third-order valence-corrected chi connectivity index (χ3v) is 3.99. The molecule has 0 aliphatic rings. The highest BCUT2D eigenvalue weighted by Gasteiger charge is 2.20. The highest BCUT2D eigenvalue weighted by Crippen LogP contribution is 2.30. The molecule has 2 nitrogen and oxygen atoms in total. The first kappa shape index (κ1) is 17.4. The van der Waals surface area contributed by atoms with E-state index in [9.17, 15) is 0 Å². The van der Waals surface area contributed by atoms with Crippen molar-refractivity contribution in [2.24, 2.45) is 0 Å². The number of anilines is 1. The Morgan fingerprint density at radius 1 is 0.826 bits per heavy atom. The number of hydrogen-bond donors (Lipinski definition) is 1. The summed E-state index contributed by atoms with van der Waals surface area (Å²) in [6.07, 6.45) is 0. The summed E-state index contributed by atoms with van der Waals surface area (Å²) in [7, 11) is 0. The van der Waals surface area contributed by atoms with Crippen LogP contribution in [-0.4, -0.2) is 0 Å². The molecule has 0 saturated carbocycles. The van der Waals surface area contributed by atoms with Crippen molar-refractivity contribution in [1.29, 1.82) is 0 Å². The lowest BCUT2D eigenvalue weighted by molar-refractivity contribution is 0.305. The van der Waals surface area contributed by atoms with Crippen LogP contribution >= 0.6 is 0 Å². The van der Waals surface area contributed by atoms with Crippen molar-refractivity contribution in [2.45, 2.75) is 59.0 Å². The van der Waals surface area contributed by atoms with Gasteiger partial charge < -0.3 is 10.5 Å². The molecule has 0 aliphatic heterocycles. The average Bonchev–Trinajstić information content (AvgIpc) is 2.43. The van der Waals surface area contributed by atoms with Crippen LogP contribution in [0.25, 0.3) is 0 Å². The fourth-order valence-electron chi connectivity index (χ4n) is 2.41. The van der Waals surface area contributed by atoms with Crippen LogP contribution in [0.4, 0.5) is 5.69 Å². The third kappa shape index (κ3) is 4.75. The second-order valence-electron chi connectivity index (χ2n) is 8.28. The van der Waals surface area contributed by atoms with Gasteiger partial charge in [0.1, 0.15) is 12.4 Å². The summed E-state index contributed by atoms with van der Waals surface area (Å²) in [5.41, 5.74) is 10.7. The van der Waals surface area contributed by atoms with Crippen LogP contribution in [0.2, 0.25) is 0 Å². The van der Waals surface area contributed by atoms with Gasteiger partial charge in [-0.3, -0.25) is 0 Å². The zero-order valence-corrected chi connectivity index (χ0v) is 15.2. The maximum Gasteiger partial charge on any atom is 0.121 e. The normalized spacial score (nSPS) is 12.3. The molecule has 0 atom stereocenters. The molecule has 0 saturated heterocycles. The Morgan fingerprint density at radius 2 is 1.39 bits per heavy atom. The van der Waals surface area contributed by atoms with E-state index in [-0.39, 0.29) is 10.8 Å². The Kier molecular flexibility index (Phi) is 4.74. The van der Waals surface area contributed by atoms with E-state index < -0.39 is 0 Å². The molecular formula is C21H29NO. The van der Waals surface area contributed by atoms with Crippen molar-refractivity contribution in [3.63, 3.8) is 0 Å². The first-order valence-corrected chi connectivity index (χ1v) is 8.19. The molecule has 0 heterocycles. The van der Waals surface area contributed by atoms with Gasteiger partial charge in [-0.2, -0.15) is 0 Å². The van der Waals surface area contributed by atoms with E-state index in [1.54, 1.807) is 0 Å². The number of benzene rings is 2. The van der Waals surface area contributed by atoms with E-state index >= 15 is 0 Å². The minimum Gasteiger partial charge on any atom is -0.489 e. The number of ether oxygens (including phenoxy) is 1. The zero-order chi connectivity index (χ0) is 17.3. The molecular weight excluding hydrogens is 282 g/mol. The van der Waals surface area contributed by atoms with Crippen molar-refractivity contribution in [2.75, 3.05) is 5.73 Å². The van der Waals surface area contributed by atoms with Crippen LogP contribution in [0.15, 0.2) is 42.5 Å². The fourth-order valence-corrected chi connectivity index (χ4v) is 2.41. The van der Waals surface area contributed by atoms with E-state index in [2.05, 4.69) is 59.7 Å². The van der Waals surface area contributed by atoms with Crippen molar-refractivity contribution < 1.29 is 4.74 Å². The number of nitrogens with two attached hydrogens (primary N) is 1. The zero-order valence-electron chi connectivity index (χ0n) is 15.2. The molecule has 0 radical (unpaired) electrons. The minimum absolute atomic E-state index is 0.118. The largest absolute Gasteiger partial charge is 0.489 e. The van der Waals surface area contributed by atoms with Crippen LogP contribution in [-0.2, 0) is 17.4 Å². The number of nitrogen functional groups attached to an aromatic ring is 1. The van der Waals surface area contributed by atoms with Gasteiger partial charge in [0.2, 0.25) is 0 Å². The number of rotatable bonds is 3. The molecule has 0 bridgehead atoms. The summed E-state index contributed by atoms with van der Waals surface area (Å²) in [6.45, 7) is 14.0. The quantitative estimate of drug-likeness (QED) is 0.766. The van der Waals surface area contributed by atoms with E-state index in [1.807, 2.05) is 24.3 Å². The molecule has 2 aromatic rings. The van der Waals surface area contributed by atoms with Crippen molar-refractivity contribution >= 4 is 5.69 Å². The second kappa shape index (κ2) is 6.27. The fraction of sp³-hybridized carbons (Fsp3) is 0.429. The topological polar surface area (TPSA) is 35.2 Å². The molecule has 2 aromatic carbocycles. The SMILES string of the molecule is CC(C)(C)c1cc(COc2cccc(N)c2)cc(C(C)(C)C)c1. The highest BCUT2D eigenvalue weighted by molar-refractivity contribution is 5.44. The molecule has 2 heteroatoms. The lowest BCUT2D eigenvalue weighted by Crippen LogP contribution is -2.17. The summed E-state index contributed by atoms with van der Waals surface area (Å²) in [4.78, 5) is 0. The first-order valence-electron chi connectivity index (χ1n) is 8.19. The van der Waals surface area contributed by atoms with E-state index in [1.165, 1.54) is 16.7 Å². The predicted molar refractivity (Wildman–Crippen MR) is 99.0 cm³/mol. The van der Waals surface area contributed by atoms with Crippen LogP contribution in [0.3, 0.4) is 0 Å². The van der Waals surface area contributed by atoms with Crippen molar-refractivity contribution in [1.82, 2.24) is 0 Å². The van der Waals surface area contributed by atoms with E-state index in [4.69, 9.17) is 10.5 Å². The summed E-state index contributed by atoms with van der Waals surface area (Å²) in [5, 5.41) is 0. The lowest BCUT2D eigenvalue weighted by Gasteiger charge is -2.26. The van der Waals surface area contributed by atoms with Crippen molar-refractivity contribution in [3.05, 3.63) is 59.2 Å². The van der Waals surface area contributed by atoms with Gasteiger partial charge in [0.05, 0.1) is 0 Å². The molecule has 0 unspecified atom stereocenters. The first-order chi connectivity index (χ1) is 10.6. The highest BCUT2D eigenvalue weighted by atomic mass is 16.5. The van der Waals surface area contributed by atoms with E-state index in [0.29, 0.717) is 6.61 Å². The molecule has 0 spiro atoms. The van der Waals surface area contributed by atoms with Crippen LogP contribution in [0.5, 0.6) is 5.75 Å². The van der Waals surface area contributed by atoms with Crippen LogP contribution < -0.4 is 10.5 Å². The molecule has 0 aliphatic carbocycles. The maximum atomic E-state index is 5.93. The Hall–Kier alpha value is -1.96. The van der Waals surface area contributed by atoms with Gasteiger partial charge in [0, 0.05) is 11.8 Å². The maximum absolute atomic E-state index is 5.93. The molecule has 124 valence electrons. The van der Waals surface area contributed by atoms with Gasteiger partial charge in [-0.25, -0.2) is 0 Å². The molecule has 23 heavy (non-hydrogen) atoms. The summed E-state index contributed by atoms with van der Waals surface area (Å²) >= 11 is 0. The molecule has 0 aromatic heterocycles. The molecule has 2 rings (SSSR count). The Morgan fingerprint density at radius 3 is 1.87 bits per heavy atom. The molecule has 0 amide bonds. The second-order valence-corrected chi connectivity index (χ2v) is 8.28. The molecule has 0 fully saturated rings. The Bertz CT molecular complexity index is 643. The van der Waals surface area contributed by atoms with Gasteiger partial charge in [-0.05, 0) is 39.7 Å². The van der Waals surface area contributed by atoms with Crippen LogP contribution in [0.1, 0.15) is 58.2 Å². The van der Waals surface area contributed by atoms with Crippen molar-refractivity contribution in [3.8, 4) is 5.75 Å². The van der Waals surface area contributed by atoms with Crippen LogP contribution in [0, 0.1) is 0 Å². The van der Waals surface area contributed by atoms with Gasteiger partial charge in [-0.15, -0.1) is 0 Å². The predicted octanol–water partition coefficient (Wildman–Crippen LogP) is 5.44.